The van der Waals surface area contributed by atoms with Gasteiger partial charge in [0.25, 0.3) is 0 Å². The predicted molar refractivity (Wildman–Crippen MR) is 174 cm³/mol. The van der Waals surface area contributed by atoms with Crippen LogP contribution in [0.25, 0.3) is 0 Å². The van der Waals surface area contributed by atoms with Crippen LogP contribution in [0.1, 0.15) is 79.1 Å². The van der Waals surface area contributed by atoms with Crippen LogP contribution in [0.4, 0.5) is 26.3 Å². The Morgan fingerprint density at radius 1 is 0.568 bits per heavy atom. The van der Waals surface area contributed by atoms with Gasteiger partial charge in [-0.05, 0) is 114 Å². The fourth-order valence-corrected chi connectivity index (χ4v) is 8.39. The molecule has 2 aliphatic rings. The van der Waals surface area contributed by atoms with Gasteiger partial charge in [0.05, 0.1) is 35.3 Å². The second kappa shape index (κ2) is 15.9. The van der Waals surface area contributed by atoms with E-state index in [0.717, 1.165) is 11.4 Å². The summed E-state index contributed by atoms with van der Waals surface area (Å²) in [4.78, 5) is 10.4. The zero-order valence-electron chi connectivity index (χ0n) is 28.7. The van der Waals surface area contributed by atoms with Gasteiger partial charge in [-0.3, -0.25) is 9.98 Å². The minimum Gasteiger partial charge on any atom is -0.418 e. The summed E-state index contributed by atoms with van der Waals surface area (Å²) in [6, 6.07) is -0.554. The van der Waals surface area contributed by atoms with Gasteiger partial charge in [-0.25, -0.2) is 0 Å². The van der Waals surface area contributed by atoms with Crippen molar-refractivity contribution in [3.63, 3.8) is 0 Å². The van der Waals surface area contributed by atoms with E-state index in [4.69, 9.17) is 18.8 Å². The van der Waals surface area contributed by atoms with Crippen LogP contribution in [0.3, 0.4) is 0 Å². The zero-order chi connectivity index (χ0) is 33.7. The van der Waals surface area contributed by atoms with Crippen LogP contribution < -0.4 is 0 Å². The van der Waals surface area contributed by atoms with Crippen LogP contribution in [-0.4, -0.2) is 65.7 Å². The SMILES string of the molecule is CC1CC(C(F)(F)F)CC(C)C1N=C(CCCO[Si](C)(C)C)C(CCCO[Si](C)(C)C)=NC1C(C)CC(C(F)(F)F)CC1C. The summed E-state index contributed by atoms with van der Waals surface area (Å²) in [5.74, 6) is -3.68. The summed E-state index contributed by atoms with van der Waals surface area (Å²) in [7, 11) is -3.49. The lowest BCUT2D eigenvalue weighted by atomic mass is 9.72. The third-order valence-electron chi connectivity index (χ3n) is 9.01. The molecule has 4 unspecified atom stereocenters. The molecule has 0 bridgehead atoms. The van der Waals surface area contributed by atoms with Gasteiger partial charge in [0.1, 0.15) is 0 Å². The molecule has 0 aliphatic heterocycles. The highest BCUT2D eigenvalue weighted by Crippen LogP contribution is 2.45. The fraction of sp³-hybridized carbons (Fsp3) is 0.938. The molecular weight excluding hydrogens is 615 g/mol. The van der Waals surface area contributed by atoms with Crippen LogP contribution in [0.5, 0.6) is 0 Å². The maximum atomic E-state index is 13.7. The number of halogens is 6. The summed E-state index contributed by atoms with van der Waals surface area (Å²) in [6.07, 6.45) is -5.76. The number of hydrogen-bond acceptors (Lipinski definition) is 4. The Morgan fingerprint density at radius 2 is 0.841 bits per heavy atom. The smallest absolute Gasteiger partial charge is 0.391 e. The van der Waals surface area contributed by atoms with Crippen molar-refractivity contribution in [2.45, 2.75) is 143 Å². The van der Waals surface area contributed by atoms with E-state index < -0.39 is 40.8 Å². The normalized spacial score (nSPS) is 31.8. The van der Waals surface area contributed by atoms with E-state index in [-0.39, 0.29) is 61.4 Å². The van der Waals surface area contributed by atoms with Gasteiger partial charge in [-0.1, -0.05) is 27.7 Å². The third-order valence-corrected chi connectivity index (χ3v) is 11.2. The summed E-state index contributed by atoms with van der Waals surface area (Å²) in [5, 5.41) is 0. The maximum absolute atomic E-state index is 13.7. The molecule has 4 atom stereocenters. The van der Waals surface area contributed by atoms with Crippen molar-refractivity contribution < 1.29 is 35.2 Å². The topological polar surface area (TPSA) is 43.2 Å². The van der Waals surface area contributed by atoms with Crippen molar-refractivity contribution >= 4 is 28.1 Å². The molecule has 0 radical (unpaired) electrons. The second-order valence-electron chi connectivity index (χ2n) is 15.6. The molecule has 4 nitrogen and oxygen atoms in total. The van der Waals surface area contributed by atoms with Crippen molar-refractivity contribution in [1.82, 2.24) is 0 Å². The monoisotopic (exact) mass is 672 g/mol. The average Bonchev–Trinajstić information content (AvgIpc) is 2.83. The van der Waals surface area contributed by atoms with Crippen LogP contribution in [-0.2, 0) is 8.85 Å². The molecule has 0 aromatic carbocycles. The van der Waals surface area contributed by atoms with Crippen LogP contribution in [0.15, 0.2) is 9.98 Å². The average molecular weight is 673 g/mol. The Balaban J connectivity index is 2.47. The molecule has 12 heteroatoms. The van der Waals surface area contributed by atoms with Crippen molar-refractivity contribution in [2.75, 3.05) is 13.2 Å². The molecule has 0 N–H and O–H groups in total. The Labute approximate surface area is 264 Å². The van der Waals surface area contributed by atoms with E-state index in [0.29, 0.717) is 38.9 Å². The van der Waals surface area contributed by atoms with Crippen molar-refractivity contribution in [2.24, 2.45) is 45.5 Å². The Hall–Kier alpha value is -0.726. The lowest BCUT2D eigenvalue weighted by Crippen LogP contribution is -2.41. The Kier molecular flexibility index (Phi) is 14.3. The van der Waals surface area contributed by atoms with E-state index in [2.05, 4.69) is 39.3 Å². The molecule has 0 aromatic heterocycles. The van der Waals surface area contributed by atoms with Crippen LogP contribution in [0, 0.1) is 35.5 Å². The maximum Gasteiger partial charge on any atom is 0.391 e. The molecule has 2 fully saturated rings. The highest BCUT2D eigenvalue weighted by Gasteiger charge is 2.47. The summed E-state index contributed by atoms with van der Waals surface area (Å²) in [5.41, 5.74) is 1.56. The Bertz CT molecular complexity index is 858. The lowest BCUT2D eigenvalue weighted by Gasteiger charge is -2.39. The molecule has 258 valence electrons. The highest BCUT2D eigenvalue weighted by molar-refractivity contribution is 6.70. The predicted octanol–water partition coefficient (Wildman–Crippen LogP) is 10.4. The van der Waals surface area contributed by atoms with E-state index in [1.165, 1.54) is 0 Å². The molecule has 44 heavy (non-hydrogen) atoms. The first-order valence-corrected chi connectivity index (χ1v) is 23.3. The number of hydrogen-bond donors (Lipinski definition) is 0. The van der Waals surface area contributed by atoms with Crippen molar-refractivity contribution in [3.05, 3.63) is 0 Å². The van der Waals surface area contributed by atoms with Gasteiger partial charge in [-0.2, -0.15) is 26.3 Å². The van der Waals surface area contributed by atoms with E-state index in [9.17, 15) is 26.3 Å². The first kappa shape index (κ1) is 39.5. The van der Waals surface area contributed by atoms with Gasteiger partial charge in [0, 0.05) is 13.2 Å². The quantitative estimate of drug-likeness (QED) is 0.0846. The number of aliphatic imine (C=N–C) groups is 2. The molecule has 0 heterocycles. The standard InChI is InChI=1S/C32H58F6N2O2Si2/c1-21-17-25(31(33,34)35)18-22(2)29(21)39-27(13-11-15-41-43(5,6)7)28(14-12-16-42-44(8,9)10)40-30-23(3)19-26(20-24(30)4)32(36,37)38/h21-26,29-30H,11-20H2,1-10H3. The van der Waals surface area contributed by atoms with Crippen LogP contribution in [0.2, 0.25) is 39.3 Å². The minimum atomic E-state index is -4.22. The van der Waals surface area contributed by atoms with E-state index >= 15 is 0 Å². The highest BCUT2D eigenvalue weighted by atomic mass is 28.4. The second-order valence-corrected chi connectivity index (χ2v) is 24.6. The Morgan fingerprint density at radius 3 is 1.07 bits per heavy atom. The third kappa shape index (κ3) is 13.2. The van der Waals surface area contributed by atoms with Crippen LogP contribution >= 0.6 is 0 Å². The molecular formula is C32H58F6N2O2Si2. The lowest BCUT2D eigenvalue weighted by molar-refractivity contribution is -0.190. The molecule has 2 saturated carbocycles. The molecule has 0 aromatic rings. The van der Waals surface area contributed by atoms with E-state index in [1.54, 1.807) is 0 Å². The van der Waals surface area contributed by atoms with E-state index in [1.807, 2.05) is 27.7 Å². The minimum absolute atomic E-state index is 0.0417. The zero-order valence-corrected chi connectivity index (χ0v) is 30.7. The van der Waals surface area contributed by atoms with Gasteiger partial charge in [-0.15, -0.1) is 0 Å². The fourth-order valence-electron chi connectivity index (χ4n) is 6.87. The van der Waals surface area contributed by atoms with Gasteiger partial charge >= 0.3 is 12.4 Å². The first-order chi connectivity index (χ1) is 20.0. The summed E-state index contributed by atoms with van der Waals surface area (Å²) >= 11 is 0. The van der Waals surface area contributed by atoms with Gasteiger partial charge in [0.15, 0.2) is 16.6 Å². The largest absolute Gasteiger partial charge is 0.418 e. The summed E-state index contributed by atoms with van der Waals surface area (Å²) < 4.78 is 94.1. The molecule has 2 rings (SSSR count). The van der Waals surface area contributed by atoms with Crippen molar-refractivity contribution in [3.8, 4) is 0 Å². The van der Waals surface area contributed by atoms with Crippen molar-refractivity contribution in [1.29, 1.82) is 0 Å². The molecule has 2 aliphatic carbocycles. The number of rotatable bonds is 13. The molecule has 0 spiro atoms. The van der Waals surface area contributed by atoms with Gasteiger partial charge in [0.2, 0.25) is 0 Å². The summed E-state index contributed by atoms with van der Waals surface area (Å²) in [6.45, 7) is 21.3. The number of nitrogens with zero attached hydrogens (tertiary/aromatic N) is 2. The first-order valence-electron chi connectivity index (χ1n) is 16.5. The van der Waals surface area contributed by atoms with Gasteiger partial charge < -0.3 is 8.85 Å². The molecule has 0 amide bonds. The number of alkyl halides is 6. The molecule has 0 saturated heterocycles.